The van der Waals surface area contributed by atoms with Gasteiger partial charge in [-0.1, -0.05) is 38.1 Å². The molecule has 0 heterocycles. The van der Waals surface area contributed by atoms with Gasteiger partial charge in [0.2, 0.25) is 0 Å². The average Bonchev–Trinajstić information content (AvgIpc) is 2.59. The summed E-state index contributed by atoms with van der Waals surface area (Å²) in [6.07, 6.45) is 0. The first-order valence-electron chi connectivity index (χ1n) is 7.57. The highest BCUT2D eigenvalue weighted by atomic mass is 16.3. The molecule has 0 radical (unpaired) electrons. The Balaban J connectivity index is 2.22. The van der Waals surface area contributed by atoms with Gasteiger partial charge in [0.05, 0.1) is 24.3 Å². The van der Waals surface area contributed by atoms with Gasteiger partial charge >= 0.3 is 0 Å². The summed E-state index contributed by atoms with van der Waals surface area (Å²) in [5.74, 6) is -0.0427. The van der Waals surface area contributed by atoms with E-state index in [1.807, 2.05) is 44.2 Å². The van der Waals surface area contributed by atoms with Crippen molar-refractivity contribution in [3.8, 4) is 17.2 Å². The number of rotatable bonds is 5. The van der Waals surface area contributed by atoms with Crippen molar-refractivity contribution >= 4 is 5.91 Å². The van der Waals surface area contributed by atoms with Crippen molar-refractivity contribution < 1.29 is 9.90 Å². The summed E-state index contributed by atoms with van der Waals surface area (Å²) in [5.41, 5.74) is 3.00. The molecule has 4 nitrogen and oxygen atoms in total. The zero-order valence-electron chi connectivity index (χ0n) is 13.3. The van der Waals surface area contributed by atoms with Gasteiger partial charge in [0.25, 0.3) is 5.91 Å². The monoisotopic (exact) mass is 308 g/mol. The molecule has 0 fully saturated rings. The van der Waals surface area contributed by atoms with Crippen LogP contribution in [-0.4, -0.2) is 23.7 Å². The molecule has 23 heavy (non-hydrogen) atoms. The molecule has 0 spiro atoms. The van der Waals surface area contributed by atoms with Gasteiger partial charge in [-0.25, -0.2) is 0 Å². The number of aliphatic hydroxyl groups excluding tert-OH is 1. The zero-order chi connectivity index (χ0) is 16.8. The number of amides is 1. The van der Waals surface area contributed by atoms with Crippen molar-refractivity contribution in [2.75, 3.05) is 6.61 Å². The van der Waals surface area contributed by atoms with Gasteiger partial charge in [-0.15, -0.1) is 0 Å². The van der Waals surface area contributed by atoms with Crippen LogP contribution in [-0.2, 0) is 0 Å². The molecule has 2 aromatic carbocycles. The van der Waals surface area contributed by atoms with Gasteiger partial charge in [-0.3, -0.25) is 4.79 Å². The van der Waals surface area contributed by atoms with Crippen molar-refractivity contribution in [3.63, 3.8) is 0 Å². The quantitative estimate of drug-likeness (QED) is 0.892. The van der Waals surface area contributed by atoms with Crippen LogP contribution in [0.5, 0.6) is 0 Å². The molecule has 0 aliphatic heterocycles. The predicted molar refractivity (Wildman–Crippen MR) is 89.8 cm³/mol. The highest BCUT2D eigenvalue weighted by Crippen LogP contribution is 2.21. The lowest BCUT2D eigenvalue weighted by atomic mass is 10.0. The van der Waals surface area contributed by atoms with Crippen LogP contribution >= 0.6 is 0 Å². The molecule has 2 rings (SSSR count). The summed E-state index contributed by atoms with van der Waals surface area (Å²) in [6.45, 7) is 3.82. The summed E-state index contributed by atoms with van der Waals surface area (Å²) >= 11 is 0. The molecule has 0 aromatic heterocycles. The lowest BCUT2D eigenvalue weighted by Gasteiger charge is -2.20. The van der Waals surface area contributed by atoms with E-state index < -0.39 is 0 Å². The molecule has 118 valence electrons. The molecule has 1 atom stereocenters. The second-order valence-corrected chi connectivity index (χ2v) is 5.78. The van der Waals surface area contributed by atoms with Gasteiger partial charge in [0.15, 0.2) is 0 Å². The molecular weight excluding hydrogens is 288 g/mol. The Kier molecular flexibility index (Phi) is 5.51. The minimum Gasteiger partial charge on any atom is -0.394 e. The Morgan fingerprint density at radius 2 is 1.87 bits per heavy atom. The number of carbonyl (C=O) groups excluding carboxylic acids is 1. The topological polar surface area (TPSA) is 73.1 Å². The largest absolute Gasteiger partial charge is 0.394 e. The first-order chi connectivity index (χ1) is 11.0. The molecular formula is C19H20N2O2. The fourth-order valence-electron chi connectivity index (χ4n) is 2.25. The lowest BCUT2D eigenvalue weighted by molar-refractivity contribution is 0.0897. The van der Waals surface area contributed by atoms with E-state index in [0.29, 0.717) is 11.1 Å². The number of nitriles is 1. The second kappa shape index (κ2) is 7.57. The van der Waals surface area contributed by atoms with E-state index in [2.05, 4.69) is 11.4 Å². The van der Waals surface area contributed by atoms with Crippen molar-refractivity contribution in [3.05, 3.63) is 59.7 Å². The fourth-order valence-corrected chi connectivity index (χ4v) is 2.25. The van der Waals surface area contributed by atoms with Crippen LogP contribution in [0.25, 0.3) is 11.1 Å². The third kappa shape index (κ3) is 4.18. The smallest absolute Gasteiger partial charge is 0.251 e. The fraction of sp³-hybridized carbons (Fsp3) is 0.263. The molecule has 0 aliphatic rings. The first-order valence-corrected chi connectivity index (χ1v) is 7.57. The normalized spacial score (nSPS) is 11.8. The summed E-state index contributed by atoms with van der Waals surface area (Å²) in [6, 6.07) is 16.4. The number of hydrogen-bond donors (Lipinski definition) is 2. The molecule has 0 saturated carbocycles. The Morgan fingerprint density at radius 1 is 1.17 bits per heavy atom. The molecule has 1 amide bonds. The molecule has 4 heteroatoms. The highest BCUT2D eigenvalue weighted by molar-refractivity contribution is 5.95. The van der Waals surface area contributed by atoms with E-state index in [4.69, 9.17) is 5.26 Å². The molecule has 0 bridgehead atoms. The van der Waals surface area contributed by atoms with Gasteiger partial charge in [-0.2, -0.15) is 5.26 Å². The van der Waals surface area contributed by atoms with E-state index >= 15 is 0 Å². The number of carbonyl (C=O) groups is 1. The van der Waals surface area contributed by atoms with Crippen LogP contribution in [0.4, 0.5) is 0 Å². The van der Waals surface area contributed by atoms with E-state index in [9.17, 15) is 9.90 Å². The molecule has 0 aliphatic carbocycles. The Hall–Kier alpha value is -2.64. The van der Waals surface area contributed by atoms with E-state index in [0.717, 1.165) is 11.1 Å². The minimum atomic E-state index is -0.263. The van der Waals surface area contributed by atoms with E-state index in [1.165, 1.54) is 0 Å². The lowest BCUT2D eigenvalue weighted by Crippen LogP contribution is -2.41. The summed E-state index contributed by atoms with van der Waals surface area (Å²) < 4.78 is 0. The first kappa shape index (κ1) is 16.7. The maximum Gasteiger partial charge on any atom is 0.251 e. The number of nitrogens with one attached hydrogen (secondary N) is 1. The van der Waals surface area contributed by atoms with Crippen LogP contribution in [0.2, 0.25) is 0 Å². The standard InChI is InChI=1S/C19H20N2O2/c1-13(2)18(12-22)21-19(23)17-5-3-4-16(10-17)15-8-6-14(11-20)7-9-15/h3-10,13,18,22H,12H2,1-2H3,(H,21,23)/t18-/m1/s1. The summed E-state index contributed by atoms with van der Waals surface area (Å²) in [4.78, 5) is 12.3. The predicted octanol–water partition coefficient (Wildman–Crippen LogP) is 2.97. The summed E-state index contributed by atoms with van der Waals surface area (Å²) in [7, 11) is 0. The van der Waals surface area contributed by atoms with Crippen LogP contribution < -0.4 is 5.32 Å². The van der Waals surface area contributed by atoms with Crippen LogP contribution in [0.1, 0.15) is 29.8 Å². The Morgan fingerprint density at radius 3 is 2.43 bits per heavy atom. The number of benzene rings is 2. The maximum atomic E-state index is 12.3. The SMILES string of the molecule is CC(C)[C@@H](CO)NC(=O)c1cccc(-c2ccc(C#N)cc2)c1. The van der Waals surface area contributed by atoms with Crippen molar-refractivity contribution in [1.82, 2.24) is 5.32 Å². The highest BCUT2D eigenvalue weighted by Gasteiger charge is 2.16. The van der Waals surface area contributed by atoms with Crippen molar-refractivity contribution in [2.45, 2.75) is 19.9 Å². The molecule has 0 unspecified atom stereocenters. The van der Waals surface area contributed by atoms with Gasteiger partial charge in [-0.05, 0) is 41.3 Å². The Bertz CT molecular complexity index is 715. The van der Waals surface area contributed by atoms with Crippen LogP contribution in [0.15, 0.2) is 48.5 Å². The van der Waals surface area contributed by atoms with Crippen molar-refractivity contribution in [2.24, 2.45) is 5.92 Å². The maximum absolute atomic E-state index is 12.3. The average molecular weight is 308 g/mol. The van der Waals surface area contributed by atoms with E-state index in [-0.39, 0.29) is 24.5 Å². The second-order valence-electron chi connectivity index (χ2n) is 5.78. The van der Waals surface area contributed by atoms with Crippen LogP contribution in [0, 0.1) is 17.2 Å². The number of hydrogen-bond acceptors (Lipinski definition) is 3. The third-order valence-electron chi connectivity index (χ3n) is 3.79. The number of nitrogens with zero attached hydrogens (tertiary/aromatic N) is 1. The van der Waals surface area contributed by atoms with E-state index in [1.54, 1.807) is 18.2 Å². The van der Waals surface area contributed by atoms with Crippen molar-refractivity contribution in [1.29, 1.82) is 5.26 Å². The van der Waals surface area contributed by atoms with Gasteiger partial charge < -0.3 is 10.4 Å². The van der Waals surface area contributed by atoms with Gasteiger partial charge in [0.1, 0.15) is 0 Å². The third-order valence-corrected chi connectivity index (χ3v) is 3.79. The molecule has 2 aromatic rings. The Labute approximate surface area is 136 Å². The molecule has 0 saturated heterocycles. The van der Waals surface area contributed by atoms with Gasteiger partial charge in [0, 0.05) is 5.56 Å². The minimum absolute atomic E-state index is 0.0846. The van der Waals surface area contributed by atoms with Crippen LogP contribution in [0.3, 0.4) is 0 Å². The number of aliphatic hydroxyl groups is 1. The summed E-state index contributed by atoms with van der Waals surface area (Å²) in [5, 5.41) is 21.0. The molecule has 2 N–H and O–H groups in total. The zero-order valence-corrected chi connectivity index (χ0v) is 13.3.